The van der Waals surface area contributed by atoms with Crippen LogP contribution in [0.5, 0.6) is 5.75 Å². The molecule has 106 valence electrons. The summed E-state index contributed by atoms with van der Waals surface area (Å²) in [6, 6.07) is 11.6. The topological polar surface area (TPSA) is 52.6 Å². The van der Waals surface area contributed by atoms with Gasteiger partial charge in [0.15, 0.2) is 0 Å². The predicted octanol–water partition coefficient (Wildman–Crippen LogP) is 2.11. The minimum absolute atomic E-state index is 0.0268. The Hall–Kier alpha value is -2.07. The van der Waals surface area contributed by atoms with Crippen LogP contribution in [0.2, 0.25) is 0 Å². The largest absolute Gasteiger partial charge is 0.508 e. The number of phenols is 1. The Balaban J connectivity index is 2.16. The number of rotatable bonds is 5. The van der Waals surface area contributed by atoms with Crippen molar-refractivity contribution in [2.45, 2.75) is 13.0 Å². The van der Waals surface area contributed by atoms with E-state index in [4.69, 9.17) is 0 Å². The second-order valence-corrected chi connectivity index (χ2v) is 4.95. The zero-order valence-corrected chi connectivity index (χ0v) is 11.9. The van der Waals surface area contributed by atoms with E-state index in [1.165, 1.54) is 0 Å². The molecule has 2 N–H and O–H groups in total. The van der Waals surface area contributed by atoms with Gasteiger partial charge in [0.1, 0.15) is 5.75 Å². The van der Waals surface area contributed by atoms with E-state index in [0.717, 1.165) is 16.3 Å². The SMILES string of the molecule is CNC(=O)CCN(C)Cc1c(O)ccc2ccccc12. The van der Waals surface area contributed by atoms with E-state index in [-0.39, 0.29) is 5.91 Å². The van der Waals surface area contributed by atoms with Crippen molar-refractivity contribution in [2.75, 3.05) is 20.6 Å². The third-order valence-corrected chi connectivity index (χ3v) is 3.44. The van der Waals surface area contributed by atoms with Crippen molar-refractivity contribution in [1.82, 2.24) is 10.2 Å². The molecule has 0 fully saturated rings. The number of aromatic hydroxyl groups is 1. The number of carbonyl (C=O) groups excluding carboxylic acids is 1. The molecule has 4 nitrogen and oxygen atoms in total. The second kappa shape index (κ2) is 6.39. The molecule has 4 heteroatoms. The lowest BCUT2D eigenvalue weighted by Gasteiger charge is -2.18. The van der Waals surface area contributed by atoms with Gasteiger partial charge in [-0.2, -0.15) is 0 Å². The van der Waals surface area contributed by atoms with Gasteiger partial charge in [-0.25, -0.2) is 0 Å². The summed E-state index contributed by atoms with van der Waals surface area (Å²) in [5.74, 6) is 0.328. The maximum Gasteiger partial charge on any atom is 0.221 e. The van der Waals surface area contributed by atoms with Crippen LogP contribution in [-0.2, 0) is 11.3 Å². The van der Waals surface area contributed by atoms with Gasteiger partial charge in [0.25, 0.3) is 0 Å². The Morgan fingerprint density at radius 1 is 1.25 bits per heavy atom. The first-order valence-electron chi connectivity index (χ1n) is 6.70. The minimum atomic E-state index is 0.0268. The van der Waals surface area contributed by atoms with Crippen LogP contribution in [0.25, 0.3) is 10.8 Å². The minimum Gasteiger partial charge on any atom is -0.508 e. The number of hydrogen-bond donors (Lipinski definition) is 2. The molecule has 0 atom stereocenters. The van der Waals surface area contributed by atoms with Crippen molar-refractivity contribution in [3.8, 4) is 5.75 Å². The highest BCUT2D eigenvalue weighted by atomic mass is 16.3. The van der Waals surface area contributed by atoms with E-state index in [9.17, 15) is 9.90 Å². The number of fused-ring (bicyclic) bond motifs is 1. The van der Waals surface area contributed by atoms with Crippen LogP contribution in [0.4, 0.5) is 0 Å². The molecule has 2 rings (SSSR count). The highest BCUT2D eigenvalue weighted by Gasteiger charge is 2.10. The summed E-state index contributed by atoms with van der Waals surface area (Å²) in [5.41, 5.74) is 0.905. The molecule has 0 aliphatic carbocycles. The molecule has 0 radical (unpaired) electrons. The maximum absolute atomic E-state index is 11.3. The predicted molar refractivity (Wildman–Crippen MR) is 80.6 cm³/mol. The van der Waals surface area contributed by atoms with Gasteiger partial charge >= 0.3 is 0 Å². The molecule has 0 unspecified atom stereocenters. The van der Waals surface area contributed by atoms with Crippen molar-refractivity contribution < 1.29 is 9.90 Å². The lowest BCUT2D eigenvalue weighted by molar-refractivity contribution is -0.120. The number of amides is 1. The van der Waals surface area contributed by atoms with E-state index in [1.54, 1.807) is 13.1 Å². The van der Waals surface area contributed by atoms with Crippen LogP contribution in [0.3, 0.4) is 0 Å². The van der Waals surface area contributed by atoms with Gasteiger partial charge in [-0.15, -0.1) is 0 Å². The average molecular weight is 272 g/mol. The van der Waals surface area contributed by atoms with Gasteiger partial charge in [-0.1, -0.05) is 30.3 Å². The smallest absolute Gasteiger partial charge is 0.221 e. The van der Waals surface area contributed by atoms with Gasteiger partial charge in [-0.3, -0.25) is 4.79 Å². The molecular weight excluding hydrogens is 252 g/mol. The van der Waals surface area contributed by atoms with Crippen molar-refractivity contribution in [1.29, 1.82) is 0 Å². The van der Waals surface area contributed by atoms with Gasteiger partial charge in [-0.05, 0) is 23.9 Å². The molecular formula is C16H20N2O2. The number of nitrogens with one attached hydrogen (secondary N) is 1. The van der Waals surface area contributed by atoms with E-state index in [2.05, 4.69) is 5.32 Å². The summed E-state index contributed by atoms with van der Waals surface area (Å²) in [4.78, 5) is 13.3. The first-order chi connectivity index (χ1) is 9.61. The highest BCUT2D eigenvalue weighted by molar-refractivity contribution is 5.87. The second-order valence-electron chi connectivity index (χ2n) is 4.95. The molecule has 20 heavy (non-hydrogen) atoms. The van der Waals surface area contributed by atoms with E-state index in [1.807, 2.05) is 42.3 Å². The molecule has 1 amide bonds. The molecule has 0 heterocycles. The first kappa shape index (κ1) is 14.3. The van der Waals surface area contributed by atoms with Crippen molar-refractivity contribution >= 4 is 16.7 Å². The van der Waals surface area contributed by atoms with Gasteiger partial charge in [0.05, 0.1) is 0 Å². The number of phenolic OH excluding ortho intramolecular Hbond substituents is 1. The average Bonchev–Trinajstić information content (AvgIpc) is 2.47. The van der Waals surface area contributed by atoms with Gasteiger partial charge in [0, 0.05) is 32.1 Å². The number of nitrogens with zero attached hydrogens (tertiary/aromatic N) is 1. The summed E-state index contributed by atoms with van der Waals surface area (Å²) in [6.07, 6.45) is 0.457. The Kier molecular flexibility index (Phi) is 4.58. The van der Waals surface area contributed by atoms with Crippen LogP contribution in [0.1, 0.15) is 12.0 Å². The summed E-state index contributed by atoms with van der Waals surface area (Å²) in [6.45, 7) is 1.27. The Morgan fingerprint density at radius 3 is 2.75 bits per heavy atom. The van der Waals surface area contributed by atoms with E-state index < -0.39 is 0 Å². The fraction of sp³-hybridized carbons (Fsp3) is 0.312. The Labute approximate surface area is 119 Å². The molecule has 0 spiro atoms. The van der Waals surface area contributed by atoms with Gasteiger partial charge in [0.2, 0.25) is 5.91 Å². The highest BCUT2D eigenvalue weighted by Crippen LogP contribution is 2.28. The van der Waals surface area contributed by atoms with Crippen LogP contribution in [0, 0.1) is 0 Å². The van der Waals surface area contributed by atoms with Crippen molar-refractivity contribution in [2.24, 2.45) is 0 Å². The van der Waals surface area contributed by atoms with Crippen molar-refractivity contribution in [3.63, 3.8) is 0 Å². The Morgan fingerprint density at radius 2 is 2.00 bits per heavy atom. The number of carbonyl (C=O) groups is 1. The Bertz CT molecular complexity index is 610. The maximum atomic E-state index is 11.3. The van der Waals surface area contributed by atoms with Gasteiger partial charge < -0.3 is 15.3 Å². The van der Waals surface area contributed by atoms with Crippen LogP contribution in [0.15, 0.2) is 36.4 Å². The van der Waals surface area contributed by atoms with Crippen LogP contribution >= 0.6 is 0 Å². The summed E-state index contributed by atoms with van der Waals surface area (Å²) >= 11 is 0. The first-order valence-corrected chi connectivity index (χ1v) is 6.70. The normalized spacial score (nSPS) is 10.9. The zero-order chi connectivity index (χ0) is 14.5. The third kappa shape index (κ3) is 3.27. The molecule has 0 aromatic heterocycles. The zero-order valence-electron chi connectivity index (χ0n) is 11.9. The lowest BCUT2D eigenvalue weighted by atomic mass is 10.0. The number of benzene rings is 2. The van der Waals surface area contributed by atoms with Crippen LogP contribution < -0.4 is 5.32 Å². The van der Waals surface area contributed by atoms with Crippen molar-refractivity contribution in [3.05, 3.63) is 42.0 Å². The molecule has 0 bridgehead atoms. The molecule has 0 saturated carbocycles. The number of hydrogen-bond acceptors (Lipinski definition) is 3. The molecule has 2 aromatic rings. The van der Waals surface area contributed by atoms with E-state index in [0.29, 0.717) is 25.3 Å². The summed E-state index contributed by atoms with van der Waals surface area (Å²) in [5, 5.41) is 14.9. The fourth-order valence-corrected chi connectivity index (χ4v) is 2.26. The molecule has 0 aliphatic heterocycles. The molecule has 0 aliphatic rings. The monoisotopic (exact) mass is 272 g/mol. The van der Waals surface area contributed by atoms with E-state index >= 15 is 0 Å². The quantitative estimate of drug-likeness (QED) is 0.876. The van der Waals surface area contributed by atoms with Crippen LogP contribution in [-0.4, -0.2) is 36.6 Å². The molecule has 0 saturated heterocycles. The third-order valence-electron chi connectivity index (χ3n) is 3.44. The molecule has 2 aromatic carbocycles. The summed E-state index contributed by atoms with van der Waals surface area (Å²) < 4.78 is 0. The fourth-order valence-electron chi connectivity index (χ4n) is 2.26. The standard InChI is InChI=1S/C16H20N2O2/c1-17-16(20)9-10-18(2)11-14-13-6-4-3-5-12(13)7-8-15(14)19/h3-8,19H,9-11H2,1-2H3,(H,17,20). The summed E-state index contributed by atoms with van der Waals surface area (Å²) in [7, 11) is 3.59. The lowest BCUT2D eigenvalue weighted by Crippen LogP contribution is -2.26.